The van der Waals surface area contributed by atoms with Gasteiger partial charge >= 0.3 is 0 Å². The average Bonchev–Trinajstić information content (AvgIpc) is 2.96. The fraction of sp³-hybridized carbons (Fsp3) is 0.438. The van der Waals surface area contributed by atoms with Gasteiger partial charge in [-0.1, -0.05) is 18.5 Å². The Morgan fingerprint density at radius 3 is 2.76 bits per heavy atom. The summed E-state index contributed by atoms with van der Waals surface area (Å²) in [4.78, 5) is 4.68. The van der Waals surface area contributed by atoms with Crippen molar-refractivity contribution >= 4 is 22.9 Å². The predicted octanol–water partition coefficient (Wildman–Crippen LogP) is 4.97. The molecule has 0 bridgehead atoms. The fourth-order valence-corrected chi connectivity index (χ4v) is 3.96. The van der Waals surface area contributed by atoms with Crippen LogP contribution in [0.5, 0.6) is 0 Å². The molecule has 1 fully saturated rings. The second kappa shape index (κ2) is 5.67. The molecule has 1 saturated carbocycles. The molecule has 5 heteroatoms. The van der Waals surface area contributed by atoms with Crippen molar-refractivity contribution in [1.29, 1.82) is 0 Å². The van der Waals surface area contributed by atoms with Crippen LogP contribution in [0.15, 0.2) is 23.6 Å². The first-order valence-electron chi connectivity index (χ1n) is 7.18. The highest BCUT2D eigenvalue weighted by atomic mass is 35.5. The van der Waals surface area contributed by atoms with Crippen molar-refractivity contribution in [2.75, 3.05) is 0 Å². The third kappa shape index (κ3) is 2.98. The van der Waals surface area contributed by atoms with Crippen LogP contribution in [0.1, 0.15) is 37.6 Å². The van der Waals surface area contributed by atoms with Crippen molar-refractivity contribution in [2.24, 2.45) is 11.7 Å². The van der Waals surface area contributed by atoms with E-state index in [1.54, 1.807) is 23.5 Å². The third-order valence-electron chi connectivity index (χ3n) is 4.31. The van der Waals surface area contributed by atoms with Gasteiger partial charge in [0.1, 0.15) is 10.8 Å². The minimum Gasteiger partial charge on any atom is -0.319 e. The van der Waals surface area contributed by atoms with Crippen LogP contribution in [-0.2, 0) is 5.54 Å². The van der Waals surface area contributed by atoms with Crippen LogP contribution < -0.4 is 5.73 Å². The molecule has 0 unspecified atom stereocenters. The van der Waals surface area contributed by atoms with Crippen molar-refractivity contribution in [1.82, 2.24) is 4.98 Å². The molecular formula is C16H18ClFN2S. The van der Waals surface area contributed by atoms with E-state index < -0.39 is 5.82 Å². The van der Waals surface area contributed by atoms with Crippen molar-refractivity contribution < 1.29 is 4.39 Å². The van der Waals surface area contributed by atoms with Crippen molar-refractivity contribution in [3.05, 3.63) is 39.4 Å². The second-order valence-electron chi connectivity index (χ2n) is 6.01. The minimum absolute atomic E-state index is 0.121. The maximum Gasteiger partial charge on any atom is 0.141 e. The molecule has 1 aromatic heterocycles. The maximum absolute atomic E-state index is 13.2. The van der Waals surface area contributed by atoms with Crippen LogP contribution in [0.25, 0.3) is 11.3 Å². The number of rotatable bonds is 2. The number of aromatic nitrogens is 1. The molecule has 1 aliphatic carbocycles. The lowest BCUT2D eigenvalue weighted by Crippen LogP contribution is -2.40. The van der Waals surface area contributed by atoms with E-state index in [9.17, 15) is 4.39 Å². The van der Waals surface area contributed by atoms with Crippen molar-refractivity contribution in [2.45, 2.75) is 38.1 Å². The molecule has 1 aromatic carbocycles. The van der Waals surface area contributed by atoms with Crippen LogP contribution in [0.3, 0.4) is 0 Å². The number of halogens is 2. The lowest BCUT2D eigenvalue weighted by molar-refractivity contribution is 0.247. The normalized spacial score (nSPS) is 26.0. The summed E-state index contributed by atoms with van der Waals surface area (Å²) in [5.41, 5.74) is 7.89. The third-order valence-corrected chi connectivity index (χ3v) is 5.66. The SMILES string of the molecule is CC1CCC(N)(c2nc(-c3ccc(F)c(Cl)c3)cs2)CC1. The van der Waals surface area contributed by atoms with Crippen molar-refractivity contribution in [3.8, 4) is 11.3 Å². The molecule has 0 saturated heterocycles. The molecule has 2 N–H and O–H groups in total. The molecule has 2 nitrogen and oxygen atoms in total. The summed E-state index contributed by atoms with van der Waals surface area (Å²) in [5, 5.41) is 3.08. The predicted molar refractivity (Wildman–Crippen MR) is 86.0 cm³/mol. The van der Waals surface area contributed by atoms with Crippen molar-refractivity contribution in [3.63, 3.8) is 0 Å². The summed E-state index contributed by atoms with van der Waals surface area (Å²) in [6.45, 7) is 2.27. The van der Waals surface area contributed by atoms with Gasteiger partial charge in [-0.25, -0.2) is 9.37 Å². The van der Waals surface area contributed by atoms with E-state index >= 15 is 0 Å². The number of nitrogens with zero attached hydrogens (tertiary/aromatic N) is 1. The number of benzene rings is 1. The fourth-order valence-electron chi connectivity index (χ4n) is 2.78. The second-order valence-corrected chi connectivity index (χ2v) is 7.27. The molecule has 0 spiro atoms. The van der Waals surface area contributed by atoms with E-state index in [0.29, 0.717) is 0 Å². The van der Waals surface area contributed by atoms with Gasteiger partial charge in [0.05, 0.1) is 16.3 Å². The van der Waals surface area contributed by atoms with Crippen LogP contribution in [0.2, 0.25) is 5.02 Å². The topological polar surface area (TPSA) is 38.9 Å². The zero-order valence-electron chi connectivity index (χ0n) is 11.9. The molecule has 2 aromatic rings. The van der Waals surface area contributed by atoms with Gasteiger partial charge < -0.3 is 5.73 Å². The lowest BCUT2D eigenvalue weighted by Gasteiger charge is -2.34. The highest BCUT2D eigenvalue weighted by Gasteiger charge is 2.34. The lowest BCUT2D eigenvalue weighted by atomic mass is 9.78. The van der Waals surface area contributed by atoms with E-state index in [1.807, 2.05) is 5.38 Å². The maximum atomic E-state index is 13.2. The summed E-state index contributed by atoms with van der Waals surface area (Å²) in [6.07, 6.45) is 4.25. The molecule has 112 valence electrons. The zero-order chi connectivity index (χ0) is 15.0. The van der Waals surface area contributed by atoms with E-state index in [2.05, 4.69) is 11.9 Å². The van der Waals surface area contributed by atoms with E-state index in [4.69, 9.17) is 17.3 Å². The molecule has 1 heterocycles. The highest BCUT2D eigenvalue weighted by Crippen LogP contribution is 2.39. The Labute approximate surface area is 133 Å². The molecular weight excluding hydrogens is 307 g/mol. The zero-order valence-corrected chi connectivity index (χ0v) is 13.5. The largest absolute Gasteiger partial charge is 0.319 e. The quantitative estimate of drug-likeness (QED) is 0.847. The van der Waals surface area contributed by atoms with Gasteiger partial charge in [0.25, 0.3) is 0 Å². The number of hydrogen-bond acceptors (Lipinski definition) is 3. The van der Waals surface area contributed by atoms with E-state index in [1.165, 1.54) is 6.07 Å². The summed E-state index contributed by atoms with van der Waals surface area (Å²) in [5.74, 6) is 0.337. The Hall–Kier alpha value is -0.970. The Balaban J connectivity index is 1.87. The number of thiazole rings is 1. The molecule has 0 amide bonds. The average molecular weight is 325 g/mol. The van der Waals surface area contributed by atoms with Gasteiger partial charge in [0, 0.05) is 10.9 Å². The van der Waals surface area contributed by atoms with Crippen LogP contribution >= 0.6 is 22.9 Å². The first-order valence-corrected chi connectivity index (χ1v) is 8.44. The van der Waals surface area contributed by atoms with Gasteiger partial charge in [-0.05, 0) is 49.8 Å². The summed E-state index contributed by atoms with van der Waals surface area (Å²) in [7, 11) is 0. The minimum atomic E-state index is -0.410. The van der Waals surface area contributed by atoms with Gasteiger partial charge in [-0.15, -0.1) is 11.3 Å². The van der Waals surface area contributed by atoms with Gasteiger partial charge in [-0.3, -0.25) is 0 Å². The Morgan fingerprint density at radius 2 is 2.10 bits per heavy atom. The van der Waals surface area contributed by atoms with Gasteiger partial charge in [0.2, 0.25) is 0 Å². The molecule has 0 radical (unpaired) electrons. The molecule has 0 aliphatic heterocycles. The van der Waals surface area contributed by atoms with Crippen LogP contribution in [0.4, 0.5) is 4.39 Å². The van der Waals surface area contributed by atoms with E-state index in [0.717, 1.165) is 47.9 Å². The summed E-state index contributed by atoms with van der Waals surface area (Å²) >= 11 is 7.43. The van der Waals surface area contributed by atoms with Gasteiger partial charge in [0.15, 0.2) is 0 Å². The van der Waals surface area contributed by atoms with Gasteiger partial charge in [-0.2, -0.15) is 0 Å². The smallest absolute Gasteiger partial charge is 0.141 e. The van der Waals surface area contributed by atoms with Crippen LogP contribution in [-0.4, -0.2) is 4.98 Å². The van der Waals surface area contributed by atoms with E-state index in [-0.39, 0.29) is 10.6 Å². The monoisotopic (exact) mass is 324 g/mol. The molecule has 21 heavy (non-hydrogen) atoms. The molecule has 1 aliphatic rings. The Morgan fingerprint density at radius 1 is 1.38 bits per heavy atom. The Bertz CT molecular complexity index is 647. The molecule has 3 rings (SSSR count). The van der Waals surface area contributed by atoms with Crippen LogP contribution in [0, 0.1) is 11.7 Å². The standard InChI is InChI=1S/C16H18ClFN2S/c1-10-4-6-16(19,7-5-10)15-20-14(9-21-15)11-2-3-13(18)12(17)8-11/h2-3,8-10H,4-7,19H2,1H3. The number of hydrogen-bond donors (Lipinski definition) is 1. The highest BCUT2D eigenvalue weighted by molar-refractivity contribution is 7.10. The molecule has 0 atom stereocenters. The summed E-state index contributed by atoms with van der Waals surface area (Å²) < 4.78 is 13.2. The first kappa shape index (κ1) is 14.9. The Kier molecular flexibility index (Phi) is 4.04. The summed E-state index contributed by atoms with van der Waals surface area (Å²) in [6, 6.07) is 4.69. The first-order chi connectivity index (χ1) is 9.98. The number of nitrogens with two attached hydrogens (primary N) is 1.